The van der Waals surface area contributed by atoms with Gasteiger partial charge in [-0.3, -0.25) is 4.98 Å². The van der Waals surface area contributed by atoms with Crippen LogP contribution in [0.25, 0.3) is 10.7 Å². The molecule has 0 aliphatic carbocycles. The first kappa shape index (κ1) is 8.37. The largest absolute Gasteiger partial charge is 0.310 e. The summed E-state index contributed by atoms with van der Waals surface area (Å²) in [5.74, 6) is 0.900. The summed E-state index contributed by atoms with van der Waals surface area (Å²) in [6, 6.07) is 0.382. The molecule has 2 heterocycles. The standard InChI is InChI=1S/C8H10N4S/c1-6(2)12-4-10-11-8(12)7-3-9-5-13-7/h3-6H,1-2H3. The Morgan fingerprint density at radius 2 is 2.31 bits per heavy atom. The van der Waals surface area contributed by atoms with Crippen LogP contribution in [-0.2, 0) is 0 Å². The molecule has 2 aromatic heterocycles. The van der Waals surface area contributed by atoms with Gasteiger partial charge < -0.3 is 4.57 Å². The Hall–Kier alpha value is -1.23. The first-order valence-corrected chi connectivity index (χ1v) is 4.95. The summed E-state index contributed by atoms with van der Waals surface area (Å²) in [6.07, 6.45) is 3.56. The zero-order valence-corrected chi connectivity index (χ0v) is 8.32. The zero-order valence-electron chi connectivity index (χ0n) is 7.51. The Kier molecular flexibility index (Phi) is 2.10. The summed E-state index contributed by atoms with van der Waals surface area (Å²) in [6.45, 7) is 4.21. The quantitative estimate of drug-likeness (QED) is 0.734. The maximum absolute atomic E-state index is 4.06. The van der Waals surface area contributed by atoms with Crippen molar-refractivity contribution < 1.29 is 0 Å². The van der Waals surface area contributed by atoms with E-state index >= 15 is 0 Å². The van der Waals surface area contributed by atoms with E-state index < -0.39 is 0 Å². The predicted molar refractivity (Wildman–Crippen MR) is 51.5 cm³/mol. The van der Waals surface area contributed by atoms with Gasteiger partial charge >= 0.3 is 0 Å². The predicted octanol–water partition coefficient (Wildman–Crippen LogP) is 1.98. The van der Waals surface area contributed by atoms with Gasteiger partial charge in [-0.05, 0) is 13.8 Å². The third-order valence-corrected chi connectivity index (χ3v) is 2.55. The fourth-order valence-electron chi connectivity index (χ4n) is 1.12. The smallest absolute Gasteiger partial charge is 0.175 e. The summed E-state index contributed by atoms with van der Waals surface area (Å²) >= 11 is 1.58. The third kappa shape index (κ3) is 1.47. The molecule has 13 heavy (non-hydrogen) atoms. The molecule has 2 rings (SSSR count). The third-order valence-electron chi connectivity index (χ3n) is 1.78. The molecule has 5 heteroatoms. The van der Waals surface area contributed by atoms with E-state index in [1.807, 2.05) is 10.8 Å². The monoisotopic (exact) mass is 194 g/mol. The van der Waals surface area contributed by atoms with Crippen LogP contribution in [0.3, 0.4) is 0 Å². The van der Waals surface area contributed by atoms with Gasteiger partial charge in [0, 0.05) is 12.2 Å². The maximum atomic E-state index is 4.06. The minimum Gasteiger partial charge on any atom is -0.310 e. The molecule has 4 nitrogen and oxygen atoms in total. The Morgan fingerprint density at radius 1 is 1.46 bits per heavy atom. The van der Waals surface area contributed by atoms with E-state index in [4.69, 9.17) is 0 Å². The molecule has 0 aliphatic heterocycles. The van der Waals surface area contributed by atoms with E-state index in [-0.39, 0.29) is 0 Å². The number of thiazole rings is 1. The molecule has 0 bridgehead atoms. The van der Waals surface area contributed by atoms with Crippen LogP contribution in [-0.4, -0.2) is 19.7 Å². The van der Waals surface area contributed by atoms with Crippen molar-refractivity contribution in [3.05, 3.63) is 18.0 Å². The number of nitrogens with zero attached hydrogens (tertiary/aromatic N) is 4. The molecule has 68 valence electrons. The summed E-state index contributed by atoms with van der Waals surface area (Å²) in [5.41, 5.74) is 1.80. The van der Waals surface area contributed by atoms with Gasteiger partial charge in [0.05, 0.1) is 10.4 Å². The molecule has 2 aromatic rings. The SMILES string of the molecule is CC(C)n1cnnc1-c1cncs1. The topological polar surface area (TPSA) is 43.6 Å². The van der Waals surface area contributed by atoms with Crippen molar-refractivity contribution in [3.8, 4) is 10.7 Å². The van der Waals surface area contributed by atoms with Crippen LogP contribution >= 0.6 is 11.3 Å². The van der Waals surface area contributed by atoms with E-state index in [1.165, 1.54) is 0 Å². The van der Waals surface area contributed by atoms with E-state index in [1.54, 1.807) is 23.2 Å². The zero-order chi connectivity index (χ0) is 9.26. The van der Waals surface area contributed by atoms with Crippen LogP contribution in [0.5, 0.6) is 0 Å². The molecule has 0 saturated heterocycles. The summed E-state index contributed by atoms with van der Waals surface area (Å²) in [5, 5.41) is 7.95. The first-order valence-electron chi connectivity index (χ1n) is 4.07. The van der Waals surface area contributed by atoms with Crippen molar-refractivity contribution in [1.29, 1.82) is 0 Å². The van der Waals surface area contributed by atoms with Crippen LogP contribution < -0.4 is 0 Å². The molecule has 0 fully saturated rings. The highest BCUT2D eigenvalue weighted by Gasteiger charge is 2.10. The average Bonchev–Trinajstić information content (AvgIpc) is 2.74. The highest BCUT2D eigenvalue weighted by molar-refractivity contribution is 7.13. The fraction of sp³-hybridized carbons (Fsp3) is 0.375. The van der Waals surface area contributed by atoms with Crippen molar-refractivity contribution in [2.75, 3.05) is 0 Å². The normalized spacial score (nSPS) is 11.0. The second-order valence-corrected chi connectivity index (χ2v) is 3.91. The van der Waals surface area contributed by atoms with Gasteiger partial charge in [-0.2, -0.15) is 0 Å². The second kappa shape index (κ2) is 3.26. The molecule has 0 aliphatic rings. The molecule has 0 spiro atoms. The highest BCUT2D eigenvalue weighted by Crippen LogP contribution is 2.22. The van der Waals surface area contributed by atoms with E-state index in [0.29, 0.717) is 6.04 Å². The summed E-state index contributed by atoms with van der Waals surface area (Å²) < 4.78 is 2.04. The minimum atomic E-state index is 0.382. The molecule has 0 aromatic carbocycles. The van der Waals surface area contributed by atoms with E-state index in [2.05, 4.69) is 29.0 Å². The lowest BCUT2D eigenvalue weighted by molar-refractivity contribution is 0.604. The molecule has 0 radical (unpaired) electrons. The van der Waals surface area contributed by atoms with Crippen molar-refractivity contribution in [2.45, 2.75) is 19.9 Å². The van der Waals surface area contributed by atoms with E-state index in [0.717, 1.165) is 10.7 Å². The lowest BCUT2D eigenvalue weighted by Gasteiger charge is -2.07. The molecule has 0 N–H and O–H groups in total. The van der Waals surface area contributed by atoms with Crippen LogP contribution in [0.2, 0.25) is 0 Å². The molecule has 0 saturated carbocycles. The fourth-order valence-corrected chi connectivity index (χ4v) is 1.73. The molecular weight excluding hydrogens is 184 g/mol. The van der Waals surface area contributed by atoms with Crippen LogP contribution in [0.4, 0.5) is 0 Å². The van der Waals surface area contributed by atoms with Crippen molar-refractivity contribution >= 4 is 11.3 Å². The minimum absolute atomic E-state index is 0.382. The number of hydrogen-bond donors (Lipinski definition) is 0. The van der Waals surface area contributed by atoms with Crippen LogP contribution in [0, 0.1) is 0 Å². The van der Waals surface area contributed by atoms with Gasteiger partial charge in [0.25, 0.3) is 0 Å². The molecule has 0 atom stereocenters. The van der Waals surface area contributed by atoms with Gasteiger partial charge in [-0.15, -0.1) is 21.5 Å². The molecule has 0 amide bonds. The lowest BCUT2D eigenvalue weighted by atomic mass is 10.4. The first-order chi connectivity index (χ1) is 6.29. The van der Waals surface area contributed by atoms with Crippen molar-refractivity contribution in [1.82, 2.24) is 19.7 Å². The Balaban J connectivity index is 2.46. The van der Waals surface area contributed by atoms with Gasteiger partial charge in [-0.1, -0.05) is 0 Å². The van der Waals surface area contributed by atoms with Gasteiger partial charge in [0.2, 0.25) is 0 Å². The second-order valence-electron chi connectivity index (χ2n) is 3.02. The number of aromatic nitrogens is 4. The van der Waals surface area contributed by atoms with Gasteiger partial charge in [0.15, 0.2) is 5.82 Å². The van der Waals surface area contributed by atoms with Crippen molar-refractivity contribution in [2.24, 2.45) is 0 Å². The number of hydrogen-bond acceptors (Lipinski definition) is 4. The number of rotatable bonds is 2. The molecule has 0 unspecified atom stereocenters. The van der Waals surface area contributed by atoms with Gasteiger partial charge in [-0.25, -0.2) is 0 Å². The maximum Gasteiger partial charge on any atom is 0.175 e. The van der Waals surface area contributed by atoms with Gasteiger partial charge in [0.1, 0.15) is 6.33 Å². The molecular formula is C8H10N4S. The lowest BCUT2D eigenvalue weighted by Crippen LogP contribution is -2.00. The average molecular weight is 194 g/mol. The van der Waals surface area contributed by atoms with E-state index in [9.17, 15) is 0 Å². The Bertz CT molecular complexity index is 377. The van der Waals surface area contributed by atoms with Crippen molar-refractivity contribution in [3.63, 3.8) is 0 Å². The Morgan fingerprint density at radius 3 is 2.92 bits per heavy atom. The Labute approximate surface area is 80.3 Å². The highest BCUT2D eigenvalue weighted by atomic mass is 32.1. The summed E-state index contributed by atoms with van der Waals surface area (Å²) in [7, 11) is 0. The van der Waals surface area contributed by atoms with Crippen LogP contribution in [0.15, 0.2) is 18.0 Å². The van der Waals surface area contributed by atoms with Crippen LogP contribution in [0.1, 0.15) is 19.9 Å². The summed E-state index contributed by atoms with van der Waals surface area (Å²) in [4.78, 5) is 5.08.